The monoisotopic (exact) mass is 316 g/mol. The lowest BCUT2D eigenvalue weighted by Gasteiger charge is -2.11. The first kappa shape index (κ1) is 14.1. The first-order valence-corrected chi connectivity index (χ1v) is 7.30. The number of nitrogens with zero attached hydrogens (tertiary/aromatic N) is 2. The van der Waals surface area contributed by atoms with Crippen LogP contribution in [0.5, 0.6) is 5.75 Å². The topological polar surface area (TPSA) is 69.8 Å². The van der Waals surface area contributed by atoms with E-state index in [4.69, 9.17) is 14.2 Å². The van der Waals surface area contributed by atoms with Crippen LogP contribution in [-0.4, -0.2) is 48.9 Å². The molecular formula is C16H16N2O5. The molecule has 0 aliphatic carbocycles. The lowest BCUT2D eigenvalue weighted by atomic mass is 10.1. The number of carbonyl (C=O) groups is 2. The van der Waals surface area contributed by atoms with Gasteiger partial charge in [0.1, 0.15) is 12.0 Å². The highest BCUT2D eigenvalue weighted by Crippen LogP contribution is 2.52. The second kappa shape index (κ2) is 4.99. The standard InChI is InChI=1S/C16H16N2O5/c1-21-8-23-14-4-9(7-19)3-11-10(14)5-12-15-13(6-17(11)12)18(15)16(20)22-2/h3-5,7,13,15H,6,8H2,1-2H3/t13-,15+,18?/m0/s1. The van der Waals surface area contributed by atoms with Gasteiger partial charge in [-0.15, -0.1) is 0 Å². The van der Waals surface area contributed by atoms with Gasteiger partial charge < -0.3 is 18.8 Å². The number of aromatic nitrogens is 1. The quantitative estimate of drug-likeness (QED) is 0.490. The van der Waals surface area contributed by atoms with Crippen molar-refractivity contribution in [2.75, 3.05) is 21.0 Å². The third kappa shape index (κ3) is 1.93. The SMILES string of the molecule is COCOc1cc(C=O)cc2c1cc1n2C[C@H]2[C@@H]1N2C(=O)OC. The number of ether oxygens (including phenoxy) is 3. The number of hydrogen-bond donors (Lipinski definition) is 0. The summed E-state index contributed by atoms with van der Waals surface area (Å²) >= 11 is 0. The number of aldehydes is 1. The van der Waals surface area contributed by atoms with E-state index < -0.39 is 0 Å². The molecule has 7 nitrogen and oxygen atoms in total. The predicted octanol–water partition coefficient (Wildman–Crippen LogP) is 1.94. The lowest BCUT2D eigenvalue weighted by Crippen LogP contribution is -2.18. The summed E-state index contributed by atoms with van der Waals surface area (Å²) in [5.41, 5.74) is 2.53. The summed E-state index contributed by atoms with van der Waals surface area (Å²) in [6, 6.07) is 5.75. The summed E-state index contributed by atoms with van der Waals surface area (Å²) in [6.07, 6.45) is 0.496. The van der Waals surface area contributed by atoms with Crippen molar-refractivity contribution in [2.45, 2.75) is 18.6 Å². The molecule has 1 amide bonds. The molecule has 1 saturated heterocycles. The maximum atomic E-state index is 11.7. The maximum absolute atomic E-state index is 11.7. The highest BCUT2D eigenvalue weighted by molar-refractivity contribution is 5.94. The number of amides is 1. The molecule has 120 valence electrons. The Morgan fingerprint density at radius 2 is 2.17 bits per heavy atom. The zero-order valence-corrected chi connectivity index (χ0v) is 12.8. The van der Waals surface area contributed by atoms with E-state index in [0.29, 0.717) is 17.9 Å². The van der Waals surface area contributed by atoms with Gasteiger partial charge in [0, 0.05) is 30.3 Å². The summed E-state index contributed by atoms with van der Waals surface area (Å²) in [7, 11) is 2.93. The van der Waals surface area contributed by atoms with E-state index in [1.165, 1.54) is 7.11 Å². The normalized spacial score (nSPS) is 21.0. The highest BCUT2D eigenvalue weighted by atomic mass is 16.7. The van der Waals surface area contributed by atoms with Gasteiger partial charge in [-0.1, -0.05) is 0 Å². The van der Waals surface area contributed by atoms with Crippen LogP contribution in [0.2, 0.25) is 0 Å². The number of benzene rings is 1. The zero-order valence-electron chi connectivity index (χ0n) is 12.8. The van der Waals surface area contributed by atoms with Gasteiger partial charge in [0.05, 0.1) is 24.7 Å². The Morgan fingerprint density at radius 3 is 2.87 bits per heavy atom. The fourth-order valence-electron chi connectivity index (χ4n) is 3.47. The van der Waals surface area contributed by atoms with Gasteiger partial charge in [-0.05, 0) is 18.2 Å². The van der Waals surface area contributed by atoms with E-state index in [0.717, 1.165) is 22.9 Å². The average Bonchev–Trinajstić information content (AvgIpc) is 2.97. The van der Waals surface area contributed by atoms with Crippen molar-refractivity contribution in [3.63, 3.8) is 0 Å². The van der Waals surface area contributed by atoms with Crippen molar-refractivity contribution in [3.8, 4) is 5.75 Å². The van der Waals surface area contributed by atoms with Crippen LogP contribution in [0.4, 0.5) is 4.79 Å². The minimum atomic E-state index is -0.305. The van der Waals surface area contributed by atoms with E-state index in [1.807, 2.05) is 12.1 Å². The third-order valence-corrected chi connectivity index (χ3v) is 4.50. The first-order valence-electron chi connectivity index (χ1n) is 7.30. The third-order valence-electron chi connectivity index (χ3n) is 4.50. The molecule has 1 aromatic heterocycles. The molecule has 0 unspecified atom stereocenters. The smallest absolute Gasteiger partial charge is 0.410 e. The summed E-state index contributed by atoms with van der Waals surface area (Å²) in [5, 5.41) is 0.915. The van der Waals surface area contributed by atoms with E-state index in [9.17, 15) is 9.59 Å². The highest BCUT2D eigenvalue weighted by Gasteiger charge is 2.58. The Kier molecular flexibility index (Phi) is 3.05. The van der Waals surface area contributed by atoms with Gasteiger partial charge in [0.25, 0.3) is 0 Å². The molecule has 7 heteroatoms. The second-order valence-electron chi connectivity index (χ2n) is 5.69. The summed E-state index contributed by atoms with van der Waals surface area (Å²) in [4.78, 5) is 24.6. The van der Waals surface area contributed by atoms with E-state index in [-0.39, 0.29) is 25.0 Å². The molecule has 0 N–H and O–H groups in total. The Morgan fingerprint density at radius 1 is 1.35 bits per heavy atom. The molecule has 0 spiro atoms. The second-order valence-corrected chi connectivity index (χ2v) is 5.69. The van der Waals surface area contributed by atoms with Crippen LogP contribution in [0, 0.1) is 0 Å². The van der Waals surface area contributed by atoms with Crippen LogP contribution in [0.25, 0.3) is 10.9 Å². The van der Waals surface area contributed by atoms with Gasteiger partial charge in [-0.25, -0.2) is 4.79 Å². The molecular weight excluding hydrogens is 300 g/mol. The van der Waals surface area contributed by atoms with Crippen LogP contribution >= 0.6 is 0 Å². The minimum absolute atomic E-state index is 0.0461. The molecule has 3 heterocycles. The Labute approximate surface area is 132 Å². The van der Waals surface area contributed by atoms with Gasteiger partial charge in [-0.2, -0.15) is 0 Å². The number of hydrogen-bond acceptors (Lipinski definition) is 5. The fourth-order valence-corrected chi connectivity index (χ4v) is 3.47. The van der Waals surface area contributed by atoms with Gasteiger partial charge in [0.2, 0.25) is 0 Å². The molecule has 23 heavy (non-hydrogen) atoms. The summed E-state index contributed by atoms with van der Waals surface area (Å²) in [6.45, 7) is 0.808. The molecule has 0 radical (unpaired) electrons. The molecule has 1 fully saturated rings. The van der Waals surface area contributed by atoms with E-state index in [1.54, 1.807) is 18.1 Å². The number of fused-ring (bicyclic) bond motifs is 5. The van der Waals surface area contributed by atoms with Crippen LogP contribution in [0.1, 0.15) is 22.1 Å². The van der Waals surface area contributed by atoms with Crippen LogP contribution in [-0.2, 0) is 16.0 Å². The molecule has 2 atom stereocenters. The average molecular weight is 316 g/mol. The molecule has 0 bridgehead atoms. The fraction of sp³-hybridized carbons (Fsp3) is 0.375. The Hall–Kier alpha value is -2.54. The summed E-state index contributed by atoms with van der Waals surface area (Å²) < 4.78 is 17.5. The lowest BCUT2D eigenvalue weighted by molar-refractivity contribution is 0.0521. The molecule has 2 aliphatic rings. The zero-order chi connectivity index (χ0) is 16.1. The molecule has 2 aliphatic heterocycles. The van der Waals surface area contributed by atoms with Crippen molar-refractivity contribution in [3.05, 3.63) is 29.5 Å². The van der Waals surface area contributed by atoms with Crippen molar-refractivity contribution in [2.24, 2.45) is 0 Å². The van der Waals surface area contributed by atoms with Crippen LogP contribution < -0.4 is 4.74 Å². The molecule has 4 rings (SSSR count). The van der Waals surface area contributed by atoms with Gasteiger partial charge >= 0.3 is 6.09 Å². The number of carbonyl (C=O) groups excluding carboxylic acids is 2. The minimum Gasteiger partial charge on any atom is -0.467 e. The molecule has 1 aromatic carbocycles. The first-order chi connectivity index (χ1) is 11.2. The largest absolute Gasteiger partial charge is 0.467 e. The van der Waals surface area contributed by atoms with Crippen LogP contribution in [0.3, 0.4) is 0 Å². The Balaban J connectivity index is 1.78. The van der Waals surface area contributed by atoms with Gasteiger partial charge in [0.15, 0.2) is 6.79 Å². The maximum Gasteiger partial charge on any atom is 0.410 e. The van der Waals surface area contributed by atoms with Gasteiger partial charge in [-0.3, -0.25) is 9.69 Å². The van der Waals surface area contributed by atoms with Crippen molar-refractivity contribution < 1.29 is 23.8 Å². The van der Waals surface area contributed by atoms with E-state index in [2.05, 4.69) is 4.57 Å². The van der Waals surface area contributed by atoms with E-state index >= 15 is 0 Å². The number of methoxy groups -OCH3 is 2. The van der Waals surface area contributed by atoms with Crippen molar-refractivity contribution in [1.29, 1.82) is 0 Å². The van der Waals surface area contributed by atoms with Crippen molar-refractivity contribution in [1.82, 2.24) is 9.47 Å². The predicted molar refractivity (Wildman–Crippen MR) is 80.6 cm³/mol. The number of rotatable bonds is 4. The van der Waals surface area contributed by atoms with Crippen molar-refractivity contribution >= 4 is 23.3 Å². The molecule has 0 saturated carbocycles. The van der Waals surface area contributed by atoms with Crippen LogP contribution in [0.15, 0.2) is 18.2 Å². The Bertz CT molecular complexity index is 812. The summed E-state index contributed by atoms with van der Waals surface area (Å²) in [5.74, 6) is 0.607. The molecule has 2 aromatic rings.